The van der Waals surface area contributed by atoms with Crippen LogP contribution in [0, 0.1) is 20.8 Å². The zero-order chi connectivity index (χ0) is 23.4. The number of nitrogens with one attached hydrogen (secondary N) is 2. The molecule has 0 fully saturated rings. The quantitative estimate of drug-likeness (QED) is 0.530. The summed E-state index contributed by atoms with van der Waals surface area (Å²) >= 11 is 0. The number of ether oxygens (including phenoxy) is 2. The highest BCUT2D eigenvalue weighted by atomic mass is 16.5. The van der Waals surface area contributed by atoms with Crippen molar-refractivity contribution in [1.82, 2.24) is 5.32 Å². The van der Waals surface area contributed by atoms with Crippen molar-refractivity contribution in [2.24, 2.45) is 0 Å². The van der Waals surface area contributed by atoms with Gasteiger partial charge in [-0.3, -0.25) is 14.4 Å². The second-order valence-corrected chi connectivity index (χ2v) is 8.15. The predicted octanol–water partition coefficient (Wildman–Crippen LogP) is 3.47. The van der Waals surface area contributed by atoms with Gasteiger partial charge in [0.05, 0.1) is 7.11 Å². The highest BCUT2D eigenvalue weighted by molar-refractivity contribution is 5.97. The highest BCUT2D eigenvalue weighted by Crippen LogP contribution is 2.33. The van der Waals surface area contributed by atoms with E-state index in [1.165, 1.54) is 14.0 Å². The van der Waals surface area contributed by atoms with Crippen molar-refractivity contribution in [2.75, 3.05) is 19.0 Å². The first-order valence-corrected chi connectivity index (χ1v) is 10.7. The van der Waals surface area contributed by atoms with E-state index in [0.717, 1.165) is 39.8 Å². The fraction of sp³-hybridized carbons (Fsp3) is 0.400. The second-order valence-electron chi connectivity index (χ2n) is 8.15. The van der Waals surface area contributed by atoms with Gasteiger partial charge in [0, 0.05) is 25.6 Å². The number of carbonyl (C=O) groups excluding carboxylic acids is 3. The average molecular weight is 439 g/mol. The molecule has 0 radical (unpaired) electrons. The molecule has 32 heavy (non-hydrogen) atoms. The largest absolute Gasteiger partial charge is 0.469 e. The van der Waals surface area contributed by atoms with E-state index in [4.69, 9.17) is 9.47 Å². The summed E-state index contributed by atoms with van der Waals surface area (Å²) in [4.78, 5) is 36.2. The van der Waals surface area contributed by atoms with Gasteiger partial charge in [-0.25, -0.2) is 0 Å². The molecule has 3 rings (SSSR count). The van der Waals surface area contributed by atoms with E-state index in [0.29, 0.717) is 30.8 Å². The van der Waals surface area contributed by atoms with Gasteiger partial charge >= 0.3 is 11.9 Å². The molecule has 1 amide bonds. The molecular weight excluding hydrogens is 408 g/mol. The van der Waals surface area contributed by atoms with Gasteiger partial charge in [-0.15, -0.1) is 0 Å². The molecule has 1 unspecified atom stereocenters. The van der Waals surface area contributed by atoms with Crippen molar-refractivity contribution >= 4 is 23.5 Å². The number of esters is 2. The Hall–Kier alpha value is -3.19. The lowest BCUT2D eigenvalue weighted by Crippen LogP contribution is -2.38. The molecule has 0 aromatic heterocycles. The molecule has 2 aromatic carbocycles. The Morgan fingerprint density at radius 3 is 2.56 bits per heavy atom. The summed E-state index contributed by atoms with van der Waals surface area (Å²) in [6.45, 7) is 7.69. The normalized spacial score (nSPS) is 15.0. The molecule has 7 heteroatoms. The number of methoxy groups -OCH3 is 1. The van der Waals surface area contributed by atoms with Crippen LogP contribution in [0.2, 0.25) is 0 Å². The average Bonchev–Trinajstić information content (AvgIpc) is 2.77. The molecule has 1 aliphatic heterocycles. The zero-order valence-corrected chi connectivity index (χ0v) is 19.3. The SMILES string of the molecule is COC(=O)CCc1ccc2c(c1)C(C(=O)Nc1cc(C)c(OC(C)=O)c(C)c1C)NCC2. The van der Waals surface area contributed by atoms with Crippen molar-refractivity contribution in [1.29, 1.82) is 0 Å². The lowest BCUT2D eigenvalue weighted by molar-refractivity contribution is -0.140. The van der Waals surface area contributed by atoms with Gasteiger partial charge in [-0.05, 0) is 73.1 Å². The van der Waals surface area contributed by atoms with E-state index in [9.17, 15) is 14.4 Å². The minimum absolute atomic E-state index is 0.154. The summed E-state index contributed by atoms with van der Waals surface area (Å²) in [5.41, 5.74) is 6.18. The molecule has 2 aromatic rings. The molecule has 0 bridgehead atoms. The van der Waals surface area contributed by atoms with Gasteiger partial charge in [0.15, 0.2) is 0 Å². The Morgan fingerprint density at radius 2 is 1.88 bits per heavy atom. The molecular formula is C25H30N2O5. The standard InChI is InChI=1S/C25H30N2O5/c1-14-12-21(15(2)16(3)24(14)32-17(4)28)27-25(30)23-20-13-18(7-9-22(29)31-5)6-8-19(20)10-11-26-23/h6,8,12-13,23,26H,7,9-11H2,1-5H3,(H,27,30). The monoisotopic (exact) mass is 438 g/mol. The maximum Gasteiger partial charge on any atom is 0.308 e. The Morgan fingerprint density at radius 1 is 1.12 bits per heavy atom. The van der Waals surface area contributed by atoms with Crippen LogP contribution in [0.25, 0.3) is 0 Å². The third kappa shape index (κ3) is 5.16. The number of hydrogen-bond donors (Lipinski definition) is 2. The number of carbonyl (C=O) groups is 3. The van der Waals surface area contributed by atoms with Gasteiger partial charge in [0.25, 0.3) is 0 Å². The summed E-state index contributed by atoms with van der Waals surface area (Å²) in [6.07, 6.45) is 1.69. The van der Waals surface area contributed by atoms with E-state index < -0.39 is 6.04 Å². The van der Waals surface area contributed by atoms with Crippen LogP contribution in [-0.4, -0.2) is 31.5 Å². The molecule has 7 nitrogen and oxygen atoms in total. The molecule has 1 heterocycles. The number of anilines is 1. The lowest BCUT2D eigenvalue weighted by atomic mass is 9.91. The fourth-order valence-corrected chi connectivity index (χ4v) is 4.03. The van der Waals surface area contributed by atoms with Crippen molar-refractivity contribution in [3.05, 3.63) is 57.6 Å². The van der Waals surface area contributed by atoms with E-state index in [2.05, 4.69) is 10.6 Å². The van der Waals surface area contributed by atoms with Crippen LogP contribution in [0.5, 0.6) is 5.75 Å². The third-order valence-corrected chi connectivity index (χ3v) is 5.90. The number of hydrogen-bond acceptors (Lipinski definition) is 6. The predicted molar refractivity (Wildman–Crippen MR) is 122 cm³/mol. The number of amides is 1. The van der Waals surface area contributed by atoms with Gasteiger partial charge < -0.3 is 20.1 Å². The van der Waals surface area contributed by atoms with Crippen molar-refractivity contribution < 1.29 is 23.9 Å². The molecule has 0 aliphatic carbocycles. The Labute approximate surface area is 188 Å². The maximum absolute atomic E-state index is 13.3. The molecule has 1 atom stereocenters. The van der Waals surface area contributed by atoms with E-state index >= 15 is 0 Å². The topological polar surface area (TPSA) is 93.7 Å². The Kier molecular flexibility index (Phi) is 7.30. The van der Waals surface area contributed by atoms with Crippen molar-refractivity contribution in [3.8, 4) is 5.75 Å². The molecule has 0 spiro atoms. The minimum Gasteiger partial charge on any atom is -0.469 e. The fourth-order valence-electron chi connectivity index (χ4n) is 4.03. The second kappa shape index (κ2) is 9.96. The van der Waals surface area contributed by atoms with E-state index in [1.54, 1.807) is 0 Å². The zero-order valence-electron chi connectivity index (χ0n) is 19.3. The van der Waals surface area contributed by atoms with Crippen LogP contribution in [0.4, 0.5) is 5.69 Å². The molecule has 2 N–H and O–H groups in total. The summed E-state index contributed by atoms with van der Waals surface area (Å²) in [7, 11) is 1.38. The van der Waals surface area contributed by atoms with Gasteiger partial charge in [-0.2, -0.15) is 0 Å². The van der Waals surface area contributed by atoms with E-state index in [1.807, 2.05) is 45.0 Å². The first kappa shape index (κ1) is 23.5. The number of benzene rings is 2. The third-order valence-electron chi connectivity index (χ3n) is 5.90. The summed E-state index contributed by atoms with van der Waals surface area (Å²) in [5, 5.41) is 6.36. The maximum atomic E-state index is 13.3. The van der Waals surface area contributed by atoms with Crippen LogP contribution in [0.15, 0.2) is 24.3 Å². The van der Waals surface area contributed by atoms with Crippen LogP contribution in [-0.2, 0) is 32.0 Å². The summed E-state index contributed by atoms with van der Waals surface area (Å²) in [6, 6.07) is 7.38. The van der Waals surface area contributed by atoms with Crippen LogP contribution in [0.1, 0.15) is 52.8 Å². The lowest BCUT2D eigenvalue weighted by Gasteiger charge is -2.27. The summed E-state index contributed by atoms with van der Waals surface area (Å²) in [5.74, 6) is -0.255. The van der Waals surface area contributed by atoms with Crippen LogP contribution in [0.3, 0.4) is 0 Å². The number of rotatable bonds is 6. The van der Waals surface area contributed by atoms with Gasteiger partial charge in [-0.1, -0.05) is 18.2 Å². The van der Waals surface area contributed by atoms with Gasteiger partial charge in [0.1, 0.15) is 11.8 Å². The molecule has 0 saturated carbocycles. The number of fused-ring (bicyclic) bond motifs is 1. The first-order chi connectivity index (χ1) is 15.2. The summed E-state index contributed by atoms with van der Waals surface area (Å²) < 4.78 is 10.1. The number of aryl methyl sites for hydroxylation is 2. The van der Waals surface area contributed by atoms with Crippen molar-refractivity contribution in [3.63, 3.8) is 0 Å². The van der Waals surface area contributed by atoms with Crippen molar-refractivity contribution in [2.45, 2.75) is 53.0 Å². The Bertz CT molecular complexity index is 1060. The van der Waals surface area contributed by atoms with Gasteiger partial charge in [0.2, 0.25) is 5.91 Å². The molecule has 0 saturated heterocycles. The smallest absolute Gasteiger partial charge is 0.308 e. The van der Waals surface area contributed by atoms with Crippen LogP contribution < -0.4 is 15.4 Å². The van der Waals surface area contributed by atoms with Crippen LogP contribution >= 0.6 is 0 Å². The molecule has 1 aliphatic rings. The molecule has 170 valence electrons. The Balaban J connectivity index is 1.84. The van der Waals surface area contributed by atoms with E-state index in [-0.39, 0.29) is 17.8 Å². The highest BCUT2D eigenvalue weighted by Gasteiger charge is 2.27. The minimum atomic E-state index is -0.495. The first-order valence-electron chi connectivity index (χ1n) is 10.7.